The second-order valence-corrected chi connectivity index (χ2v) is 6.72. The minimum atomic E-state index is 0.0154. The second-order valence-electron chi connectivity index (χ2n) is 6.72. The average molecular weight is 275 g/mol. The molecule has 0 aromatic carbocycles. The van der Waals surface area contributed by atoms with E-state index in [1.165, 1.54) is 19.3 Å². The molecule has 5 unspecified atom stereocenters. The Hall–Kier alpha value is -1.09. The summed E-state index contributed by atoms with van der Waals surface area (Å²) in [5, 5.41) is 0. The molecule has 0 aromatic rings. The summed E-state index contributed by atoms with van der Waals surface area (Å²) in [7, 11) is 1.82. The third-order valence-corrected chi connectivity index (χ3v) is 5.41. The van der Waals surface area contributed by atoms with Crippen LogP contribution in [0.2, 0.25) is 0 Å². The molecule has 0 aromatic heterocycles. The van der Waals surface area contributed by atoms with Crippen LogP contribution < -0.4 is 0 Å². The molecule has 0 N–H and O–H groups in total. The van der Waals surface area contributed by atoms with E-state index in [0.717, 1.165) is 23.7 Å². The summed E-state index contributed by atoms with van der Waals surface area (Å²) in [6.45, 7) is 6.75. The first-order valence-electron chi connectivity index (χ1n) is 7.77. The standard InChI is InChI=1S/C17H25NO2/c1-11(2)17(19)18(3)7-8-20-16-10-12-9-15(16)14-6-4-5-13(12)14/h4-5,12-16H,1,6-10H2,2-3H3. The lowest BCUT2D eigenvalue weighted by atomic mass is 9.80. The zero-order valence-corrected chi connectivity index (χ0v) is 12.5. The van der Waals surface area contributed by atoms with Crippen LogP contribution in [0, 0.1) is 23.7 Å². The molecule has 110 valence electrons. The Morgan fingerprint density at radius 3 is 2.95 bits per heavy atom. The highest BCUT2D eigenvalue weighted by molar-refractivity contribution is 5.91. The minimum absolute atomic E-state index is 0.0154. The van der Waals surface area contributed by atoms with Crippen LogP contribution in [0.4, 0.5) is 0 Å². The van der Waals surface area contributed by atoms with Crippen LogP contribution in [0.5, 0.6) is 0 Å². The summed E-state index contributed by atoms with van der Waals surface area (Å²) in [4.78, 5) is 13.4. The van der Waals surface area contributed by atoms with E-state index in [1.807, 2.05) is 7.05 Å². The largest absolute Gasteiger partial charge is 0.376 e. The van der Waals surface area contributed by atoms with Crippen molar-refractivity contribution in [1.29, 1.82) is 0 Å². The van der Waals surface area contributed by atoms with Gasteiger partial charge in [-0.1, -0.05) is 18.7 Å². The molecule has 0 heterocycles. The van der Waals surface area contributed by atoms with Crippen molar-refractivity contribution in [2.45, 2.75) is 32.3 Å². The number of amides is 1. The zero-order valence-electron chi connectivity index (χ0n) is 12.5. The highest BCUT2D eigenvalue weighted by atomic mass is 16.5. The van der Waals surface area contributed by atoms with E-state index in [9.17, 15) is 4.79 Å². The first kappa shape index (κ1) is 13.9. The number of likely N-dealkylation sites (N-methyl/N-ethyl adjacent to an activating group) is 1. The normalized spacial score (nSPS) is 37.2. The van der Waals surface area contributed by atoms with Gasteiger partial charge in [-0.2, -0.15) is 0 Å². The second kappa shape index (κ2) is 5.36. The predicted octanol–water partition coefficient (Wildman–Crippen LogP) is 2.64. The number of carbonyl (C=O) groups is 1. The van der Waals surface area contributed by atoms with Gasteiger partial charge in [-0.3, -0.25) is 4.79 Å². The van der Waals surface area contributed by atoms with E-state index in [-0.39, 0.29) is 5.91 Å². The van der Waals surface area contributed by atoms with Crippen molar-refractivity contribution in [3.63, 3.8) is 0 Å². The summed E-state index contributed by atoms with van der Waals surface area (Å²) in [5.41, 5.74) is 0.590. The number of fused-ring (bicyclic) bond motifs is 5. The van der Waals surface area contributed by atoms with Crippen LogP contribution in [0.15, 0.2) is 24.3 Å². The Balaban J connectivity index is 1.45. The quantitative estimate of drug-likeness (QED) is 0.570. The van der Waals surface area contributed by atoms with Crippen molar-refractivity contribution in [1.82, 2.24) is 4.90 Å². The molecule has 3 nitrogen and oxygen atoms in total. The molecule has 1 amide bonds. The first-order valence-corrected chi connectivity index (χ1v) is 7.77. The van der Waals surface area contributed by atoms with Crippen molar-refractivity contribution < 1.29 is 9.53 Å². The van der Waals surface area contributed by atoms with E-state index in [1.54, 1.807) is 11.8 Å². The zero-order chi connectivity index (χ0) is 14.3. The highest BCUT2D eigenvalue weighted by Gasteiger charge is 2.52. The average Bonchev–Trinajstić information content (AvgIpc) is 3.09. The summed E-state index contributed by atoms with van der Waals surface area (Å²) in [5.74, 6) is 3.30. The molecule has 2 saturated carbocycles. The maximum absolute atomic E-state index is 11.7. The Morgan fingerprint density at radius 2 is 2.20 bits per heavy atom. The fraction of sp³-hybridized carbons (Fsp3) is 0.706. The SMILES string of the molecule is C=C(C)C(=O)N(C)CCOC1CC2CC1C1CC=CC21. The van der Waals surface area contributed by atoms with Gasteiger partial charge in [0, 0.05) is 19.2 Å². The number of carbonyl (C=O) groups excluding carboxylic acids is 1. The monoisotopic (exact) mass is 275 g/mol. The topological polar surface area (TPSA) is 29.5 Å². The van der Waals surface area contributed by atoms with Gasteiger partial charge in [-0.05, 0) is 49.9 Å². The molecular weight excluding hydrogens is 250 g/mol. The number of rotatable bonds is 5. The maximum atomic E-state index is 11.7. The fourth-order valence-electron chi connectivity index (χ4n) is 4.46. The number of allylic oxidation sites excluding steroid dienone is 2. The number of nitrogens with zero attached hydrogens (tertiary/aromatic N) is 1. The van der Waals surface area contributed by atoms with Crippen molar-refractivity contribution in [3.8, 4) is 0 Å². The lowest BCUT2D eigenvalue weighted by Crippen LogP contribution is -2.35. The molecule has 3 heteroatoms. The number of hydrogen-bond acceptors (Lipinski definition) is 2. The Kier molecular flexibility index (Phi) is 3.72. The van der Waals surface area contributed by atoms with Crippen molar-refractivity contribution in [3.05, 3.63) is 24.3 Å². The van der Waals surface area contributed by atoms with Crippen LogP contribution in [0.3, 0.4) is 0 Å². The van der Waals surface area contributed by atoms with Crippen LogP contribution in [0.25, 0.3) is 0 Å². The maximum Gasteiger partial charge on any atom is 0.248 e. The van der Waals surface area contributed by atoms with E-state index in [2.05, 4.69) is 18.7 Å². The lowest BCUT2D eigenvalue weighted by molar-refractivity contribution is -0.127. The predicted molar refractivity (Wildman–Crippen MR) is 79.1 cm³/mol. The van der Waals surface area contributed by atoms with Gasteiger partial charge >= 0.3 is 0 Å². The van der Waals surface area contributed by atoms with Crippen molar-refractivity contribution in [2.75, 3.05) is 20.2 Å². The smallest absolute Gasteiger partial charge is 0.248 e. The van der Waals surface area contributed by atoms with Crippen LogP contribution in [-0.4, -0.2) is 37.1 Å². The van der Waals surface area contributed by atoms with Crippen molar-refractivity contribution in [2.24, 2.45) is 23.7 Å². The molecule has 3 aliphatic rings. The lowest BCUT2D eigenvalue weighted by Gasteiger charge is -2.31. The van der Waals surface area contributed by atoms with Gasteiger partial charge in [-0.15, -0.1) is 0 Å². The first-order chi connectivity index (χ1) is 9.58. The molecule has 2 fully saturated rings. The van der Waals surface area contributed by atoms with Gasteiger partial charge in [0.25, 0.3) is 0 Å². The van der Waals surface area contributed by atoms with Gasteiger partial charge in [0.1, 0.15) is 0 Å². The van der Waals surface area contributed by atoms with E-state index in [0.29, 0.717) is 24.8 Å². The van der Waals surface area contributed by atoms with E-state index < -0.39 is 0 Å². The fourth-order valence-corrected chi connectivity index (χ4v) is 4.46. The molecule has 2 bridgehead atoms. The third kappa shape index (κ3) is 2.32. The van der Waals surface area contributed by atoms with Gasteiger partial charge in [0.2, 0.25) is 5.91 Å². The summed E-state index contributed by atoms with van der Waals surface area (Å²) in [6, 6.07) is 0. The molecule has 0 aliphatic heterocycles. The van der Waals surface area contributed by atoms with Crippen LogP contribution in [-0.2, 0) is 9.53 Å². The molecule has 0 spiro atoms. The summed E-state index contributed by atoms with van der Waals surface area (Å²) < 4.78 is 6.09. The highest BCUT2D eigenvalue weighted by Crippen LogP contribution is 2.57. The van der Waals surface area contributed by atoms with Gasteiger partial charge in [0.05, 0.1) is 12.7 Å². The molecule has 3 rings (SSSR count). The van der Waals surface area contributed by atoms with Gasteiger partial charge in [-0.25, -0.2) is 0 Å². The van der Waals surface area contributed by atoms with Gasteiger partial charge < -0.3 is 9.64 Å². The Bertz CT molecular complexity index is 442. The third-order valence-electron chi connectivity index (χ3n) is 5.41. The molecule has 0 radical (unpaired) electrons. The Labute approximate surface area is 121 Å². The minimum Gasteiger partial charge on any atom is -0.376 e. The van der Waals surface area contributed by atoms with E-state index in [4.69, 9.17) is 4.74 Å². The molecule has 0 saturated heterocycles. The number of ether oxygens (including phenoxy) is 1. The Morgan fingerprint density at radius 1 is 1.40 bits per heavy atom. The molecule has 5 atom stereocenters. The summed E-state index contributed by atoms with van der Waals surface area (Å²) in [6.07, 6.45) is 9.04. The summed E-state index contributed by atoms with van der Waals surface area (Å²) >= 11 is 0. The van der Waals surface area contributed by atoms with Crippen LogP contribution >= 0.6 is 0 Å². The van der Waals surface area contributed by atoms with Crippen LogP contribution in [0.1, 0.15) is 26.2 Å². The molecule has 3 aliphatic carbocycles. The molecule has 20 heavy (non-hydrogen) atoms. The van der Waals surface area contributed by atoms with E-state index >= 15 is 0 Å². The molecular formula is C17H25NO2. The van der Waals surface area contributed by atoms with Crippen molar-refractivity contribution >= 4 is 5.91 Å². The number of hydrogen-bond donors (Lipinski definition) is 0. The van der Waals surface area contributed by atoms with Gasteiger partial charge in [0.15, 0.2) is 0 Å².